The zero-order valence-electron chi connectivity index (χ0n) is 18.3. The molecular formula is C25H27N3O3S. The van der Waals surface area contributed by atoms with E-state index in [-0.39, 0.29) is 23.8 Å². The average molecular weight is 450 g/mol. The minimum Gasteiger partial charge on any atom is -0.324 e. The van der Waals surface area contributed by atoms with Crippen LogP contribution in [0, 0.1) is 18.8 Å². The quantitative estimate of drug-likeness (QED) is 0.663. The summed E-state index contributed by atoms with van der Waals surface area (Å²) < 4.78 is 0. The molecule has 3 aliphatic rings. The standard InChI is InChI=1S/C25H27N3O3S/c1-15-8-9-18-17(14-15)25(24(31)26-18)21-20(19(27-25)11-13-32-2)22(29)28(23(21)30)12-10-16-6-4-3-5-7-16/h3-9,14,19-21,27H,10-13H2,1-2H3,(H,26,31)/t19-,20-,21+,25+/m1/s1. The van der Waals surface area contributed by atoms with Crippen LogP contribution in [0.15, 0.2) is 48.5 Å². The molecule has 2 aromatic rings. The lowest BCUT2D eigenvalue weighted by molar-refractivity contribution is -0.142. The first kappa shape index (κ1) is 21.2. The molecule has 0 saturated carbocycles. The summed E-state index contributed by atoms with van der Waals surface area (Å²) in [7, 11) is 0. The maximum atomic E-state index is 13.7. The Morgan fingerprint density at radius 1 is 1.06 bits per heavy atom. The van der Waals surface area contributed by atoms with E-state index in [0.29, 0.717) is 13.0 Å². The van der Waals surface area contributed by atoms with E-state index in [2.05, 4.69) is 10.6 Å². The predicted octanol–water partition coefficient (Wildman–Crippen LogP) is 2.71. The molecular weight excluding hydrogens is 422 g/mol. The lowest BCUT2D eigenvalue weighted by Crippen LogP contribution is -2.53. The van der Waals surface area contributed by atoms with Crippen LogP contribution in [-0.2, 0) is 26.3 Å². The third kappa shape index (κ3) is 3.10. The van der Waals surface area contributed by atoms with Gasteiger partial charge in [0.1, 0.15) is 5.54 Å². The van der Waals surface area contributed by atoms with Gasteiger partial charge in [0.2, 0.25) is 17.7 Å². The molecule has 3 amide bonds. The zero-order chi connectivity index (χ0) is 22.5. The fourth-order valence-electron chi connectivity index (χ4n) is 5.57. The Balaban J connectivity index is 1.53. The number of nitrogens with one attached hydrogen (secondary N) is 2. The molecule has 0 aromatic heterocycles. The normalized spacial score (nSPS) is 28.4. The summed E-state index contributed by atoms with van der Waals surface area (Å²) in [6.45, 7) is 2.31. The number of hydrogen-bond donors (Lipinski definition) is 2. The molecule has 7 heteroatoms. The number of anilines is 1. The second-order valence-electron chi connectivity index (χ2n) is 8.91. The van der Waals surface area contributed by atoms with Crippen molar-refractivity contribution in [3.05, 3.63) is 65.2 Å². The average Bonchev–Trinajstić information content (AvgIpc) is 3.37. The van der Waals surface area contributed by atoms with Gasteiger partial charge in [-0.1, -0.05) is 48.0 Å². The monoisotopic (exact) mass is 449 g/mol. The number of fused-ring (bicyclic) bond motifs is 4. The van der Waals surface area contributed by atoms with Crippen LogP contribution in [0.5, 0.6) is 0 Å². The Morgan fingerprint density at radius 2 is 1.84 bits per heavy atom. The largest absolute Gasteiger partial charge is 0.324 e. The SMILES string of the molecule is CSCC[C@H]1N[C@]2(C(=O)Nc3ccc(C)cc32)[C@@H]2C(=O)N(CCc3ccccc3)C(=O)[C@@H]21. The highest BCUT2D eigenvalue weighted by atomic mass is 32.2. The smallest absolute Gasteiger partial charge is 0.250 e. The fraction of sp³-hybridized carbons (Fsp3) is 0.400. The van der Waals surface area contributed by atoms with Crippen LogP contribution in [0.25, 0.3) is 0 Å². The predicted molar refractivity (Wildman–Crippen MR) is 125 cm³/mol. The summed E-state index contributed by atoms with van der Waals surface area (Å²) in [5.74, 6) is -1.01. The fourth-order valence-corrected chi connectivity index (χ4v) is 6.06. The third-order valence-corrected chi connectivity index (χ3v) is 7.71. The van der Waals surface area contributed by atoms with Crippen molar-refractivity contribution in [1.29, 1.82) is 0 Å². The Labute approximate surface area is 192 Å². The van der Waals surface area contributed by atoms with Crippen molar-refractivity contribution < 1.29 is 14.4 Å². The van der Waals surface area contributed by atoms with E-state index in [1.807, 2.05) is 61.7 Å². The van der Waals surface area contributed by atoms with Gasteiger partial charge in [0, 0.05) is 23.8 Å². The van der Waals surface area contributed by atoms with Crippen molar-refractivity contribution in [3.63, 3.8) is 0 Å². The van der Waals surface area contributed by atoms with Crippen LogP contribution >= 0.6 is 11.8 Å². The summed E-state index contributed by atoms with van der Waals surface area (Å²) in [6, 6.07) is 15.4. The number of nitrogens with zero attached hydrogens (tertiary/aromatic N) is 1. The van der Waals surface area contributed by atoms with Crippen LogP contribution in [-0.4, -0.2) is 47.2 Å². The van der Waals surface area contributed by atoms with Crippen molar-refractivity contribution in [2.24, 2.45) is 11.8 Å². The molecule has 1 spiro atoms. The van der Waals surface area contributed by atoms with Crippen molar-refractivity contribution >= 4 is 35.2 Å². The molecule has 2 saturated heterocycles. The van der Waals surface area contributed by atoms with E-state index < -0.39 is 17.4 Å². The van der Waals surface area contributed by atoms with E-state index in [9.17, 15) is 14.4 Å². The molecule has 0 unspecified atom stereocenters. The number of carbonyl (C=O) groups excluding carboxylic acids is 3. The van der Waals surface area contributed by atoms with Gasteiger partial charge in [0.05, 0.1) is 11.8 Å². The van der Waals surface area contributed by atoms with Crippen molar-refractivity contribution in [2.75, 3.05) is 23.9 Å². The van der Waals surface area contributed by atoms with Crippen molar-refractivity contribution in [3.8, 4) is 0 Å². The van der Waals surface area contributed by atoms with Crippen molar-refractivity contribution in [2.45, 2.75) is 31.3 Å². The van der Waals surface area contributed by atoms with Gasteiger partial charge in [0.25, 0.3) is 0 Å². The summed E-state index contributed by atoms with van der Waals surface area (Å²) in [5, 5.41) is 6.46. The highest BCUT2D eigenvalue weighted by molar-refractivity contribution is 7.98. The minimum atomic E-state index is -1.19. The first-order chi connectivity index (χ1) is 15.5. The summed E-state index contributed by atoms with van der Waals surface area (Å²) in [5.41, 5.74) is 2.42. The summed E-state index contributed by atoms with van der Waals surface area (Å²) in [6.07, 6.45) is 3.36. The maximum Gasteiger partial charge on any atom is 0.250 e. The second-order valence-corrected chi connectivity index (χ2v) is 9.90. The third-order valence-electron chi connectivity index (χ3n) is 7.06. The van der Waals surface area contributed by atoms with Gasteiger partial charge in [0.15, 0.2) is 0 Å². The number of amides is 3. The Hall–Kier alpha value is -2.64. The molecule has 0 bridgehead atoms. The topological polar surface area (TPSA) is 78.5 Å². The number of benzene rings is 2. The van der Waals surface area contributed by atoms with E-state index in [1.165, 1.54) is 4.90 Å². The Morgan fingerprint density at radius 3 is 2.59 bits per heavy atom. The first-order valence-electron chi connectivity index (χ1n) is 11.1. The molecule has 6 nitrogen and oxygen atoms in total. The van der Waals surface area contributed by atoms with Crippen LogP contribution in [0.4, 0.5) is 5.69 Å². The maximum absolute atomic E-state index is 13.7. The van der Waals surface area contributed by atoms with Gasteiger partial charge >= 0.3 is 0 Å². The Kier molecular flexibility index (Phi) is 5.34. The second kappa shape index (κ2) is 8.05. The first-order valence-corrected chi connectivity index (χ1v) is 12.4. The molecule has 2 N–H and O–H groups in total. The highest BCUT2D eigenvalue weighted by Crippen LogP contribution is 2.53. The molecule has 166 valence electrons. The molecule has 0 aliphatic carbocycles. The molecule has 3 aliphatic heterocycles. The lowest BCUT2D eigenvalue weighted by atomic mass is 9.76. The number of hydrogen-bond acceptors (Lipinski definition) is 5. The minimum absolute atomic E-state index is 0.152. The molecule has 32 heavy (non-hydrogen) atoms. The van der Waals surface area contributed by atoms with Crippen LogP contribution in [0.2, 0.25) is 0 Å². The highest BCUT2D eigenvalue weighted by Gasteiger charge is 2.70. The van der Waals surface area contributed by atoms with Crippen molar-refractivity contribution in [1.82, 2.24) is 10.2 Å². The van der Waals surface area contributed by atoms with E-state index >= 15 is 0 Å². The van der Waals surface area contributed by atoms with Gasteiger partial charge in [-0.05, 0) is 43.4 Å². The van der Waals surface area contributed by atoms with E-state index in [0.717, 1.165) is 34.6 Å². The summed E-state index contributed by atoms with van der Waals surface area (Å²) in [4.78, 5) is 42.1. The van der Waals surface area contributed by atoms with Gasteiger partial charge in [-0.3, -0.25) is 24.6 Å². The molecule has 3 heterocycles. The van der Waals surface area contributed by atoms with Gasteiger partial charge in [-0.2, -0.15) is 11.8 Å². The number of carbonyl (C=O) groups is 3. The zero-order valence-corrected chi connectivity index (χ0v) is 19.1. The van der Waals surface area contributed by atoms with Crippen LogP contribution < -0.4 is 10.6 Å². The molecule has 2 aromatic carbocycles. The summed E-state index contributed by atoms with van der Waals surface area (Å²) >= 11 is 1.70. The van der Waals surface area contributed by atoms with Crippen LogP contribution in [0.3, 0.4) is 0 Å². The molecule has 4 atom stereocenters. The van der Waals surface area contributed by atoms with E-state index in [4.69, 9.17) is 0 Å². The van der Waals surface area contributed by atoms with Gasteiger partial charge in [-0.25, -0.2) is 0 Å². The van der Waals surface area contributed by atoms with Gasteiger partial charge in [-0.15, -0.1) is 0 Å². The van der Waals surface area contributed by atoms with Gasteiger partial charge < -0.3 is 5.32 Å². The lowest BCUT2D eigenvalue weighted by Gasteiger charge is -2.29. The molecule has 5 rings (SSSR count). The molecule has 0 radical (unpaired) electrons. The number of imide groups is 1. The number of likely N-dealkylation sites (tertiary alicyclic amines) is 1. The number of thioether (sulfide) groups is 1. The van der Waals surface area contributed by atoms with Crippen LogP contribution in [0.1, 0.15) is 23.1 Å². The molecule has 2 fully saturated rings. The Bertz CT molecular complexity index is 1090. The van der Waals surface area contributed by atoms with E-state index in [1.54, 1.807) is 11.8 Å². The number of rotatable bonds is 6. The number of aryl methyl sites for hydroxylation is 1.